The van der Waals surface area contributed by atoms with E-state index in [9.17, 15) is 4.79 Å². The summed E-state index contributed by atoms with van der Waals surface area (Å²) in [6.07, 6.45) is 0.141. The minimum atomic E-state index is -0.210. The Morgan fingerprint density at radius 3 is 2.69 bits per heavy atom. The first-order valence-electron chi connectivity index (χ1n) is 5.16. The van der Waals surface area contributed by atoms with Crippen molar-refractivity contribution in [1.82, 2.24) is 0 Å². The highest BCUT2D eigenvalue weighted by molar-refractivity contribution is 6.29. The van der Waals surface area contributed by atoms with E-state index in [4.69, 9.17) is 16.3 Å². The zero-order valence-corrected chi connectivity index (χ0v) is 10.5. The standard InChI is InChI=1S/C12H16ClNO2/c1-8(2)16-11-5-4-10(6-9(11)3)14-12(15)7-13/h4-6,8H,7H2,1-3H3,(H,14,15). The Bertz CT molecular complexity index is 377. The van der Waals surface area contributed by atoms with Gasteiger partial charge in [-0.25, -0.2) is 0 Å². The van der Waals surface area contributed by atoms with Crippen molar-refractivity contribution in [3.63, 3.8) is 0 Å². The van der Waals surface area contributed by atoms with Crippen molar-refractivity contribution in [1.29, 1.82) is 0 Å². The number of halogens is 1. The second-order valence-electron chi connectivity index (χ2n) is 3.83. The predicted octanol–water partition coefficient (Wildman–Crippen LogP) is 2.96. The maximum atomic E-state index is 11.1. The topological polar surface area (TPSA) is 38.3 Å². The molecule has 0 aliphatic carbocycles. The Morgan fingerprint density at radius 1 is 1.50 bits per heavy atom. The Morgan fingerprint density at radius 2 is 2.19 bits per heavy atom. The minimum Gasteiger partial charge on any atom is -0.491 e. The molecule has 16 heavy (non-hydrogen) atoms. The Balaban J connectivity index is 2.78. The van der Waals surface area contributed by atoms with Gasteiger partial charge in [-0.05, 0) is 44.5 Å². The van der Waals surface area contributed by atoms with Crippen LogP contribution in [0.25, 0.3) is 0 Å². The van der Waals surface area contributed by atoms with Crippen LogP contribution in [0.4, 0.5) is 5.69 Å². The van der Waals surface area contributed by atoms with E-state index in [0.717, 1.165) is 17.0 Å². The molecular formula is C12H16ClNO2. The van der Waals surface area contributed by atoms with Gasteiger partial charge in [-0.1, -0.05) is 0 Å². The third-order valence-electron chi connectivity index (χ3n) is 1.94. The van der Waals surface area contributed by atoms with Crippen molar-refractivity contribution in [2.24, 2.45) is 0 Å². The Kier molecular flexibility index (Phi) is 4.62. The van der Waals surface area contributed by atoms with Gasteiger partial charge in [0, 0.05) is 5.69 Å². The number of amides is 1. The molecule has 0 fully saturated rings. The first kappa shape index (κ1) is 12.8. The number of aryl methyl sites for hydroxylation is 1. The van der Waals surface area contributed by atoms with Crippen molar-refractivity contribution in [2.45, 2.75) is 26.9 Å². The van der Waals surface area contributed by atoms with Crippen molar-refractivity contribution in [3.05, 3.63) is 23.8 Å². The minimum absolute atomic E-state index is 0.0384. The second kappa shape index (κ2) is 5.75. The summed E-state index contributed by atoms with van der Waals surface area (Å²) < 4.78 is 5.59. The second-order valence-corrected chi connectivity index (χ2v) is 4.10. The summed E-state index contributed by atoms with van der Waals surface area (Å²) in [7, 11) is 0. The smallest absolute Gasteiger partial charge is 0.239 e. The van der Waals surface area contributed by atoms with E-state index >= 15 is 0 Å². The number of carbonyl (C=O) groups is 1. The summed E-state index contributed by atoms with van der Waals surface area (Å²) in [5.41, 5.74) is 1.72. The molecule has 3 nitrogen and oxygen atoms in total. The molecule has 4 heteroatoms. The van der Waals surface area contributed by atoms with Crippen molar-refractivity contribution in [2.75, 3.05) is 11.2 Å². The lowest BCUT2D eigenvalue weighted by atomic mass is 10.2. The molecule has 0 unspecified atom stereocenters. The third kappa shape index (κ3) is 3.74. The molecule has 0 aliphatic rings. The normalized spacial score (nSPS) is 10.3. The van der Waals surface area contributed by atoms with Crippen molar-refractivity contribution < 1.29 is 9.53 Å². The highest BCUT2D eigenvalue weighted by atomic mass is 35.5. The fourth-order valence-corrected chi connectivity index (χ4v) is 1.37. The van der Waals surface area contributed by atoms with Gasteiger partial charge in [0.1, 0.15) is 11.6 Å². The monoisotopic (exact) mass is 241 g/mol. The zero-order valence-electron chi connectivity index (χ0n) is 9.71. The summed E-state index contributed by atoms with van der Waals surface area (Å²) in [5, 5.41) is 2.69. The van der Waals surface area contributed by atoms with Gasteiger partial charge in [-0.15, -0.1) is 11.6 Å². The van der Waals surface area contributed by atoms with Crippen LogP contribution in [0.2, 0.25) is 0 Å². The van der Waals surface area contributed by atoms with E-state index in [1.807, 2.05) is 32.9 Å². The molecule has 1 aromatic rings. The molecular weight excluding hydrogens is 226 g/mol. The lowest BCUT2D eigenvalue weighted by molar-refractivity contribution is -0.113. The molecule has 0 heterocycles. The quantitative estimate of drug-likeness (QED) is 0.823. The molecule has 0 aromatic heterocycles. The largest absolute Gasteiger partial charge is 0.491 e. The predicted molar refractivity (Wildman–Crippen MR) is 66.3 cm³/mol. The number of benzene rings is 1. The first-order valence-corrected chi connectivity index (χ1v) is 5.69. The fraction of sp³-hybridized carbons (Fsp3) is 0.417. The van der Waals surface area contributed by atoms with Gasteiger partial charge in [0.05, 0.1) is 6.10 Å². The third-order valence-corrected chi connectivity index (χ3v) is 2.19. The molecule has 0 bridgehead atoms. The molecule has 1 aromatic carbocycles. The zero-order chi connectivity index (χ0) is 12.1. The maximum Gasteiger partial charge on any atom is 0.239 e. The molecule has 0 aliphatic heterocycles. The molecule has 0 spiro atoms. The van der Waals surface area contributed by atoms with Gasteiger partial charge in [-0.2, -0.15) is 0 Å². The Labute approximate surface area is 101 Å². The van der Waals surface area contributed by atoms with E-state index < -0.39 is 0 Å². The van der Waals surface area contributed by atoms with Gasteiger partial charge in [-0.3, -0.25) is 4.79 Å². The molecule has 0 radical (unpaired) electrons. The van der Waals surface area contributed by atoms with Gasteiger partial charge in [0.2, 0.25) is 5.91 Å². The van der Waals surface area contributed by atoms with Crippen LogP contribution in [-0.4, -0.2) is 17.9 Å². The number of hydrogen-bond donors (Lipinski definition) is 1. The molecule has 0 atom stereocenters. The average molecular weight is 242 g/mol. The van der Waals surface area contributed by atoms with Crippen LogP contribution in [0.1, 0.15) is 19.4 Å². The van der Waals surface area contributed by atoms with Crippen LogP contribution >= 0.6 is 11.6 Å². The number of nitrogens with one attached hydrogen (secondary N) is 1. The van der Waals surface area contributed by atoms with Crippen LogP contribution in [-0.2, 0) is 4.79 Å². The van der Waals surface area contributed by atoms with Crippen LogP contribution in [0.15, 0.2) is 18.2 Å². The highest BCUT2D eigenvalue weighted by Gasteiger charge is 2.05. The fourth-order valence-electron chi connectivity index (χ4n) is 1.31. The molecule has 1 rings (SSSR count). The van der Waals surface area contributed by atoms with E-state index in [0.29, 0.717) is 0 Å². The van der Waals surface area contributed by atoms with E-state index in [1.165, 1.54) is 0 Å². The van der Waals surface area contributed by atoms with Gasteiger partial charge in [0.25, 0.3) is 0 Å². The lowest BCUT2D eigenvalue weighted by Gasteiger charge is -2.13. The highest BCUT2D eigenvalue weighted by Crippen LogP contribution is 2.22. The molecule has 0 saturated heterocycles. The number of anilines is 1. The van der Waals surface area contributed by atoms with Crippen molar-refractivity contribution in [3.8, 4) is 5.75 Å². The number of rotatable bonds is 4. The maximum absolute atomic E-state index is 11.1. The summed E-state index contributed by atoms with van der Waals surface area (Å²) in [6, 6.07) is 5.51. The molecule has 1 N–H and O–H groups in total. The molecule has 0 saturated carbocycles. The molecule has 88 valence electrons. The van der Waals surface area contributed by atoms with Gasteiger partial charge >= 0.3 is 0 Å². The van der Waals surface area contributed by atoms with Gasteiger partial charge < -0.3 is 10.1 Å². The van der Waals surface area contributed by atoms with Gasteiger partial charge in [0.15, 0.2) is 0 Å². The number of hydrogen-bond acceptors (Lipinski definition) is 2. The van der Waals surface area contributed by atoms with E-state index in [-0.39, 0.29) is 17.9 Å². The van der Waals surface area contributed by atoms with E-state index in [2.05, 4.69) is 5.32 Å². The van der Waals surface area contributed by atoms with Crippen molar-refractivity contribution >= 4 is 23.2 Å². The van der Waals surface area contributed by atoms with Crippen LogP contribution in [0, 0.1) is 6.92 Å². The van der Waals surface area contributed by atoms with Crippen LogP contribution in [0.3, 0.4) is 0 Å². The number of ether oxygens (including phenoxy) is 1. The van der Waals surface area contributed by atoms with E-state index in [1.54, 1.807) is 6.07 Å². The average Bonchev–Trinajstić information content (AvgIpc) is 2.21. The number of alkyl halides is 1. The summed E-state index contributed by atoms with van der Waals surface area (Å²) in [5.74, 6) is 0.584. The SMILES string of the molecule is Cc1cc(NC(=O)CCl)ccc1OC(C)C. The first-order chi connectivity index (χ1) is 7.52. The summed E-state index contributed by atoms with van der Waals surface area (Å²) in [4.78, 5) is 11.1. The summed E-state index contributed by atoms with van der Waals surface area (Å²) in [6.45, 7) is 5.89. The van der Waals surface area contributed by atoms with Crippen LogP contribution < -0.4 is 10.1 Å². The Hall–Kier alpha value is -1.22. The molecule has 1 amide bonds. The number of carbonyl (C=O) groups excluding carboxylic acids is 1. The lowest BCUT2D eigenvalue weighted by Crippen LogP contribution is -2.13. The summed E-state index contributed by atoms with van der Waals surface area (Å²) >= 11 is 5.41. The van der Waals surface area contributed by atoms with Crippen LogP contribution in [0.5, 0.6) is 5.75 Å².